The molecule has 0 spiro atoms. The summed E-state index contributed by atoms with van der Waals surface area (Å²) in [6.07, 6.45) is 12.9. The highest BCUT2D eigenvalue weighted by atomic mass is 127. The summed E-state index contributed by atoms with van der Waals surface area (Å²) in [5, 5.41) is 0. The molecule has 2 aromatic rings. The van der Waals surface area contributed by atoms with E-state index in [1.807, 2.05) is 24.3 Å². The van der Waals surface area contributed by atoms with Gasteiger partial charge in [-0.2, -0.15) is 0 Å². The van der Waals surface area contributed by atoms with Gasteiger partial charge in [0.1, 0.15) is 13.2 Å². The van der Waals surface area contributed by atoms with Crippen LogP contribution < -0.4 is 0 Å². The molecule has 0 bridgehead atoms. The van der Waals surface area contributed by atoms with Crippen LogP contribution in [0.15, 0.2) is 24.3 Å². The SMILES string of the molecule is CCCCCCCCCCCCN(CCOC(=O)c1cc(I)cc(I)c1I)CCOC(=O)c1c(I)ccc(I)c1I. The molecule has 0 saturated carbocycles. The van der Waals surface area contributed by atoms with Crippen molar-refractivity contribution in [2.24, 2.45) is 0 Å². The maximum atomic E-state index is 12.9. The molecule has 2 rings (SSSR count). The summed E-state index contributed by atoms with van der Waals surface area (Å²) in [6.45, 7) is 4.97. The number of ether oxygens (including phenoxy) is 2. The molecule has 0 aliphatic rings. The van der Waals surface area contributed by atoms with Crippen molar-refractivity contribution in [3.05, 3.63) is 56.8 Å². The fraction of sp³-hybridized carbons (Fsp3) is 0.533. The molecule has 0 aliphatic heterocycles. The van der Waals surface area contributed by atoms with Crippen molar-refractivity contribution in [2.75, 3.05) is 32.8 Å². The van der Waals surface area contributed by atoms with Gasteiger partial charge in [-0.3, -0.25) is 4.90 Å². The lowest BCUT2D eigenvalue weighted by Gasteiger charge is -2.22. The molecule has 0 amide bonds. The standard InChI is InChI=1S/C30H37I6NO4/c1-2-3-4-5-6-7-8-9-10-11-14-37(15-17-40-29(38)22-19-21(31)20-25(34)27(22)35)16-18-41-30(39)26-23(32)12-13-24(33)28(26)36/h12-13,19-20H,2-11,14-18H2,1H3. The van der Waals surface area contributed by atoms with Gasteiger partial charge in [-0.05, 0) is 173 Å². The van der Waals surface area contributed by atoms with Gasteiger partial charge in [-0.25, -0.2) is 9.59 Å². The number of benzene rings is 2. The van der Waals surface area contributed by atoms with Gasteiger partial charge in [0.2, 0.25) is 0 Å². The van der Waals surface area contributed by atoms with Crippen LogP contribution in [0.5, 0.6) is 0 Å². The smallest absolute Gasteiger partial charge is 0.340 e. The molecule has 0 aliphatic carbocycles. The molecule has 2 aromatic carbocycles. The van der Waals surface area contributed by atoms with Crippen molar-refractivity contribution >= 4 is 147 Å². The average Bonchev–Trinajstić information content (AvgIpc) is 2.93. The van der Waals surface area contributed by atoms with E-state index in [4.69, 9.17) is 9.47 Å². The predicted molar refractivity (Wildman–Crippen MR) is 218 cm³/mol. The van der Waals surface area contributed by atoms with Crippen molar-refractivity contribution in [2.45, 2.75) is 71.1 Å². The number of nitrogens with zero attached hydrogens (tertiary/aromatic N) is 1. The third-order valence-electron chi connectivity index (χ3n) is 6.57. The van der Waals surface area contributed by atoms with E-state index in [2.05, 4.69) is 147 Å². The summed E-state index contributed by atoms with van der Waals surface area (Å²) in [6, 6.07) is 7.88. The third-order valence-corrected chi connectivity index (χ3v) is 14.2. The molecule has 0 saturated heterocycles. The first-order valence-corrected chi connectivity index (χ1v) is 20.5. The first kappa shape index (κ1) is 38.9. The van der Waals surface area contributed by atoms with Crippen molar-refractivity contribution < 1.29 is 19.1 Å². The Hall–Kier alpha value is 1.72. The molecule has 5 nitrogen and oxygen atoms in total. The van der Waals surface area contributed by atoms with Crippen LogP contribution in [0.2, 0.25) is 0 Å². The highest BCUT2D eigenvalue weighted by molar-refractivity contribution is 14.1. The lowest BCUT2D eigenvalue weighted by Crippen LogP contribution is -2.33. The van der Waals surface area contributed by atoms with Gasteiger partial charge in [0.05, 0.1) is 11.1 Å². The second-order valence-corrected chi connectivity index (χ2v) is 16.7. The van der Waals surface area contributed by atoms with Gasteiger partial charge in [-0.1, -0.05) is 64.7 Å². The van der Waals surface area contributed by atoms with Gasteiger partial charge in [-0.15, -0.1) is 0 Å². The molecule has 0 unspecified atom stereocenters. The molecule has 0 atom stereocenters. The largest absolute Gasteiger partial charge is 0.461 e. The Labute approximate surface area is 327 Å². The molecule has 0 heterocycles. The number of rotatable bonds is 19. The minimum absolute atomic E-state index is 0.287. The molecule has 0 fully saturated rings. The van der Waals surface area contributed by atoms with Crippen molar-refractivity contribution in [1.82, 2.24) is 4.90 Å². The Bertz CT molecular complexity index is 1130. The quantitative estimate of drug-likeness (QED) is 0.0607. The van der Waals surface area contributed by atoms with Gasteiger partial charge >= 0.3 is 11.9 Å². The molecule has 0 radical (unpaired) electrons. The Morgan fingerprint density at radius 2 is 1.17 bits per heavy atom. The summed E-state index contributed by atoms with van der Waals surface area (Å²) in [5.74, 6) is -0.579. The van der Waals surface area contributed by atoms with E-state index in [0.29, 0.717) is 37.4 Å². The summed E-state index contributed by atoms with van der Waals surface area (Å²) in [4.78, 5) is 28.0. The molecule has 11 heteroatoms. The van der Waals surface area contributed by atoms with Crippen LogP contribution >= 0.6 is 136 Å². The summed E-state index contributed by atoms with van der Waals surface area (Å²) in [5.41, 5.74) is 1.24. The van der Waals surface area contributed by atoms with E-state index in [0.717, 1.165) is 34.4 Å². The van der Waals surface area contributed by atoms with Gasteiger partial charge in [0.15, 0.2) is 0 Å². The number of hydrogen-bond acceptors (Lipinski definition) is 5. The van der Waals surface area contributed by atoms with Crippen LogP contribution in [0.3, 0.4) is 0 Å². The Morgan fingerprint density at radius 1 is 0.634 bits per heavy atom. The summed E-state index contributed by atoms with van der Waals surface area (Å²) < 4.78 is 17.2. The molecule has 0 aromatic heterocycles. The number of halogens is 6. The molecular weight excluding hydrogens is 1200 g/mol. The molecule has 228 valence electrons. The Morgan fingerprint density at radius 3 is 1.78 bits per heavy atom. The first-order valence-electron chi connectivity index (χ1n) is 14.0. The predicted octanol–water partition coefficient (Wildman–Crippen LogP) is 10.6. The molecule has 0 N–H and O–H groups in total. The van der Waals surface area contributed by atoms with Crippen LogP contribution in [0, 0.1) is 21.4 Å². The summed E-state index contributed by atoms with van der Waals surface area (Å²) in [7, 11) is 0. The second kappa shape index (κ2) is 22.3. The zero-order chi connectivity index (χ0) is 30.2. The fourth-order valence-corrected chi connectivity index (χ4v) is 8.96. The van der Waals surface area contributed by atoms with E-state index in [-0.39, 0.29) is 11.9 Å². The normalized spacial score (nSPS) is 11.2. The highest BCUT2D eigenvalue weighted by Crippen LogP contribution is 2.25. The van der Waals surface area contributed by atoms with Gasteiger partial charge in [0, 0.05) is 34.5 Å². The van der Waals surface area contributed by atoms with E-state index in [1.165, 1.54) is 57.8 Å². The van der Waals surface area contributed by atoms with Crippen molar-refractivity contribution in [3.8, 4) is 0 Å². The maximum Gasteiger partial charge on any atom is 0.340 e. The van der Waals surface area contributed by atoms with E-state index in [9.17, 15) is 9.59 Å². The summed E-state index contributed by atoms with van der Waals surface area (Å²) >= 11 is 13.3. The lowest BCUT2D eigenvalue weighted by molar-refractivity contribution is 0.0393. The second-order valence-electron chi connectivity index (χ2n) is 9.76. The van der Waals surface area contributed by atoms with Gasteiger partial charge in [0.25, 0.3) is 0 Å². The van der Waals surface area contributed by atoms with Crippen LogP contribution in [-0.2, 0) is 9.47 Å². The van der Waals surface area contributed by atoms with E-state index in [1.54, 1.807) is 0 Å². The highest BCUT2D eigenvalue weighted by Gasteiger charge is 2.19. The number of unbranched alkanes of at least 4 members (excludes halogenated alkanes) is 9. The first-order chi connectivity index (χ1) is 19.6. The monoisotopic (exact) mass is 1240 g/mol. The topological polar surface area (TPSA) is 55.8 Å². The van der Waals surface area contributed by atoms with Gasteiger partial charge < -0.3 is 9.47 Å². The van der Waals surface area contributed by atoms with Crippen LogP contribution in [0.4, 0.5) is 0 Å². The van der Waals surface area contributed by atoms with Crippen molar-refractivity contribution in [3.63, 3.8) is 0 Å². The number of hydrogen-bond donors (Lipinski definition) is 0. The van der Waals surface area contributed by atoms with Crippen LogP contribution in [-0.4, -0.2) is 49.7 Å². The average molecular weight is 1240 g/mol. The Kier molecular flexibility index (Phi) is 21.1. The molecular formula is C30H37I6NO4. The van der Waals surface area contributed by atoms with Crippen LogP contribution in [0.1, 0.15) is 91.8 Å². The lowest BCUT2D eigenvalue weighted by atomic mass is 10.1. The number of carbonyl (C=O) groups excluding carboxylic acids is 2. The number of carbonyl (C=O) groups is 2. The Balaban J connectivity index is 1.86. The van der Waals surface area contributed by atoms with E-state index < -0.39 is 0 Å². The van der Waals surface area contributed by atoms with Crippen LogP contribution in [0.25, 0.3) is 0 Å². The minimum atomic E-state index is -0.293. The maximum absolute atomic E-state index is 12.9. The zero-order valence-electron chi connectivity index (χ0n) is 23.3. The third kappa shape index (κ3) is 14.8. The fourth-order valence-electron chi connectivity index (χ4n) is 4.26. The van der Waals surface area contributed by atoms with E-state index >= 15 is 0 Å². The number of esters is 2. The minimum Gasteiger partial charge on any atom is -0.461 e. The zero-order valence-corrected chi connectivity index (χ0v) is 36.2. The molecule has 41 heavy (non-hydrogen) atoms. The van der Waals surface area contributed by atoms with Crippen molar-refractivity contribution in [1.29, 1.82) is 0 Å².